The van der Waals surface area contributed by atoms with Gasteiger partial charge in [-0.1, -0.05) is 18.2 Å². The van der Waals surface area contributed by atoms with E-state index >= 15 is 0 Å². The maximum atomic E-state index is 11.9. The van der Waals surface area contributed by atoms with Crippen molar-refractivity contribution in [1.29, 1.82) is 0 Å². The number of terminal acetylenes is 1. The highest BCUT2D eigenvalue weighted by Crippen LogP contribution is 2.37. The Morgan fingerprint density at radius 3 is 2.77 bits per heavy atom. The van der Waals surface area contributed by atoms with Crippen molar-refractivity contribution in [3.05, 3.63) is 48.3 Å². The summed E-state index contributed by atoms with van der Waals surface area (Å²) in [7, 11) is 0. The highest BCUT2D eigenvalue weighted by atomic mass is 16.1. The summed E-state index contributed by atoms with van der Waals surface area (Å²) in [5.74, 6) is 2.64. The van der Waals surface area contributed by atoms with Gasteiger partial charge in [-0.3, -0.25) is 4.79 Å². The number of amides is 1. The third-order valence-electron chi connectivity index (χ3n) is 4.43. The molecule has 0 atom stereocenters. The minimum Gasteiger partial charge on any atom is -0.356 e. The molecule has 6 heteroatoms. The first-order chi connectivity index (χ1) is 12.7. The van der Waals surface area contributed by atoms with Gasteiger partial charge in [-0.25, -0.2) is 4.68 Å². The highest BCUT2D eigenvalue weighted by molar-refractivity contribution is 5.75. The first-order valence-corrected chi connectivity index (χ1v) is 8.94. The van der Waals surface area contributed by atoms with Gasteiger partial charge in [-0.05, 0) is 30.5 Å². The average Bonchev–Trinajstić information content (AvgIpc) is 3.29. The maximum Gasteiger partial charge on any atom is 0.220 e. The second kappa shape index (κ2) is 8.43. The molecular weight excluding hydrogens is 326 g/mol. The van der Waals surface area contributed by atoms with Crippen LogP contribution in [0, 0.1) is 12.3 Å². The third-order valence-corrected chi connectivity index (χ3v) is 4.43. The lowest BCUT2D eigenvalue weighted by molar-refractivity contribution is -0.121. The van der Waals surface area contributed by atoms with Crippen LogP contribution in [0.5, 0.6) is 0 Å². The summed E-state index contributed by atoms with van der Waals surface area (Å²) in [6.07, 6.45) is 13.4. The summed E-state index contributed by atoms with van der Waals surface area (Å²) in [6, 6.07) is 10.0. The van der Waals surface area contributed by atoms with Crippen LogP contribution in [0.15, 0.2) is 53.0 Å². The molecule has 1 aromatic heterocycles. The quantitative estimate of drug-likeness (QED) is 0.528. The van der Waals surface area contributed by atoms with Crippen molar-refractivity contribution in [3.8, 4) is 18.0 Å². The summed E-state index contributed by atoms with van der Waals surface area (Å²) in [6.45, 7) is 0.654. The van der Waals surface area contributed by atoms with E-state index in [2.05, 4.69) is 26.6 Å². The summed E-state index contributed by atoms with van der Waals surface area (Å²) in [4.78, 5) is 11.9. The van der Waals surface area contributed by atoms with Gasteiger partial charge in [0, 0.05) is 38.4 Å². The van der Waals surface area contributed by atoms with E-state index in [0.29, 0.717) is 25.8 Å². The summed E-state index contributed by atoms with van der Waals surface area (Å²) >= 11 is 0. The van der Waals surface area contributed by atoms with E-state index in [1.54, 1.807) is 0 Å². The Kier molecular flexibility index (Phi) is 5.80. The van der Waals surface area contributed by atoms with Gasteiger partial charge < -0.3 is 5.32 Å². The first-order valence-electron chi connectivity index (χ1n) is 8.94. The molecule has 1 aliphatic heterocycles. The molecule has 0 aliphatic carbocycles. The topological polar surface area (TPSA) is 71.6 Å². The van der Waals surface area contributed by atoms with E-state index in [-0.39, 0.29) is 11.6 Å². The molecule has 0 bridgehead atoms. The normalized spacial score (nSPS) is 14.0. The average molecular weight is 349 g/mol. The van der Waals surface area contributed by atoms with Crippen LogP contribution in [-0.2, 0) is 11.2 Å². The van der Waals surface area contributed by atoms with Gasteiger partial charge in [-0.2, -0.15) is 15.3 Å². The molecule has 1 aromatic carbocycles. The van der Waals surface area contributed by atoms with Gasteiger partial charge in [0.05, 0.1) is 11.9 Å². The van der Waals surface area contributed by atoms with E-state index in [4.69, 9.17) is 6.42 Å². The van der Waals surface area contributed by atoms with Gasteiger partial charge in [0.2, 0.25) is 5.91 Å². The zero-order chi connectivity index (χ0) is 18.2. The van der Waals surface area contributed by atoms with Crippen LogP contribution in [0.3, 0.4) is 0 Å². The molecule has 134 valence electrons. The standard InChI is InChI=1S/C20H23N5O/c1-2-3-12-20(23-24-20)13-11-19(26)21-14-7-8-17-15-22-25(16-17)18-9-5-4-6-10-18/h1,4-6,9-10,15-16H,3,7-8,11-14H2,(H,21,26). The van der Waals surface area contributed by atoms with Gasteiger partial charge >= 0.3 is 0 Å². The van der Waals surface area contributed by atoms with E-state index in [1.165, 1.54) is 0 Å². The number of rotatable bonds is 10. The second-order valence-electron chi connectivity index (χ2n) is 6.47. The number of nitrogens with zero attached hydrogens (tertiary/aromatic N) is 4. The van der Waals surface area contributed by atoms with Gasteiger partial charge in [0.1, 0.15) is 0 Å². The van der Waals surface area contributed by atoms with Crippen LogP contribution < -0.4 is 5.32 Å². The number of carbonyl (C=O) groups excluding carboxylic acids is 1. The minimum atomic E-state index is -0.379. The predicted octanol–water partition coefficient (Wildman–Crippen LogP) is 3.28. The van der Waals surface area contributed by atoms with Crippen molar-refractivity contribution >= 4 is 5.91 Å². The van der Waals surface area contributed by atoms with E-state index in [1.807, 2.05) is 47.4 Å². The molecule has 0 radical (unpaired) electrons. The lowest BCUT2D eigenvalue weighted by Crippen LogP contribution is -2.26. The number of hydrogen-bond donors (Lipinski definition) is 1. The molecule has 6 nitrogen and oxygen atoms in total. The molecule has 0 saturated carbocycles. The first kappa shape index (κ1) is 17.9. The van der Waals surface area contributed by atoms with Crippen LogP contribution in [-0.4, -0.2) is 27.9 Å². The zero-order valence-corrected chi connectivity index (χ0v) is 14.8. The second-order valence-corrected chi connectivity index (χ2v) is 6.47. The van der Waals surface area contributed by atoms with Crippen molar-refractivity contribution in [2.45, 2.75) is 44.2 Å². The van der Waals surface area contributed by atoms with E-state index < -0.39 is 0 Å². The molecule has 1 aliphatic rings. The van der Waals surface area contributed by atoms with E-state index in [0.717, 1.165) is 30.5 Å². The summed E-state index contributed by atoms with van der Waals surface area (Å²) in [5.41, 5.74) is 1.82. The number of hydrogen-bond acceptors (Lipinski definition) is 4. The molecular formula is C20H23N5O. The molecule has 2 aromatic rings. The number of aryl methyl sites for hydroxylation is 1. The van der Waals surface area contributed by atoms with Crippen molar-refractivity contribution < 1.29 is 4.79 Å². The Morgan fingerprint density at radius 1 is 1.23 bits per heavy atom. The minimum absolute atomic E-state index is 0.0439. The maximum absolute atomic E-state index is 11.9. The molecule has 3 rings (SSSR count). The lowest BCUT2D eigenvalue weighted by Gasteiger charge is -2.09. The Morgan fingerprint density at radius 2 is 2.04 bits per heavy atom. The summed E-state index contributed by atoms with van der Waals surface area (Å²) in [5, 5.41) is 15.4. The van der Waals surface area contributed by atoms with Gasteiger partial charge in [-0.15, -0.1) is 12.3 Å². The van der Waals surface area contributed by atoms with Crippen molar-refractivity contribution in [1.82, 2.24) is 15.1 Å². The van der Waals surface area contributed by atoms with Crippen LogP contribution in [0.4, 0.5) is 0 Å². The monoisotopic (exact) mass is 349 g/mol. The molecule has 0 saturated heterocycles. The number of aromatic nitrogens is 2. The van der Waals surface area contributed by atoms with Gasteiger partial charge in [0.25, 0.3) is 0 Å². The largest absolute Gasteiger partial charge is 0.356 e. The third kappa shape index (κ3) is 5.03. The zero-order valence-electron chi connectivity index (χ0n) is 14.8. The van der Waals surface area contributed by atoms with Gasteiger partial charge in [0.15, 0.2) is 5.66 Å². The summed E-state index contributed by atoms with van der Waals surface area (Å²) < 4.78 is 1.87. The van der Waals surface area contributed by atoms with Crippen molar-refractivity contribution in [2.75, 3.05) is 6.54 Å². The fourth-order valence-corrected chi connectivity index (χ4v) is 2.80. The molecule has 2 heterocycles. The number of nitrogens with one attached hydrogen (secondary N) is 1. The molecule has 0 unspecified atom stereocenters. The van der Waals surface area contributed by atoms with Crippen LogP contribution in [0.25, 0.3) is 5.69 Å². The SMILES string of the molecule is C#CCCC1(CCC(=O)NCCCc2cnn(-c3ccccc3)c2)N=N1. The molecule has 0 fully saturated rings. The molecule has 0 spiro atoms. The van der Waals surface area contributed by atoms with Crippen LogP contribution in [0.2, 0.25) is 0 Å². The number of carbonyl (C=O) groups is 1. The Labute approximate surface area is 153 Å². The Balaban J connectivity index is 1.33. The lowest BCUT2D eigenvalue weighted by atomic mass is 10.0. The molecule has 1 N–H and O–H groups in total. The fraction of sp³-hybridized carbons (Fsp3) is 0.400. The smallest absolute Gasteiger partial charge is 0.220 e. The molecule has 26 heavy (non-hydrogen) atoms. The Hall–Kier alpha value is -2.94. The fourth-order valence-electron chi connectivity index (χ4n) is 2.80. The number of benzene rings is 1. The number of para-hydroxylation sites is 1. The van der Waals surface area contributed by atoms with E-state index in [9.17, 15) is 4.79 Å². The van der Waals surface area contributed by atoms with Crippen LogP contribution >= 0.6 is 0 Å². The predicted molar refractivity (Wildman–Crippen MR) is 99.8 cm³/mol. The van der Waals surface area contributed by atoms with Crippen LogP contribution in [0.1, 0.15) is 37.7 Å². The highest BCUT2D eigenvalue weighted by Gasteiger charge is 2.39. The molecule has 1 amide bonds. The van der Waals surface area contributed by atoms with Crippen molar-refractivity contribution in [2.24, 2.45) is 10.2 Å². The van der Waals surface area contributed by atoms with Crippen molar-refractivity contribution in [3.63, 3.8) is 0 Å². The Bertz CT molecular complexity index is 797.